The van der Waals surface area contributed by atoms with E-state index in [0.717, 1.165) is 12.0 Å². The summed E-state index contributed by atoms with van der Waals surface area (Å²) in [5, 5.41) is 0. The molecule has 0 spiro atoms. The van der Waals surface area contributed by atoms with Gasteiger partial charge in [0.2, 0.25) is 0 Å². The lowest BCUT2D eigenvalue weighted by Crippen LogP contribution is -2.28. The minimum absolute atomic E-state index is 0.424. The van der Waals surface area contributed by atoms with Gasteiger partial charge in [0.15, 0.2) is 0 Å². The first-order valence-electron chi connectivity index (χ1n) is 5.78. The van der Waals surface area contributed by atoms with Crippen LogP contribution >= 0.6 is 15.9 Å². The average Bonchev–Trinajstić information content (AvgIpc) is 2.34. The van der Waals surface area contributed by atoms with Crippen molar-refractivity contribution in [1.29, 1.82) is 0 Å². The van der Waals surface area contributed by atoms with Crippen molar-refractivity contribution < 1.29 is 17.9 Å². The van der Waals surface area contributed by atoms with Gasteiger partial charge in [-0.25, -0.2) is 0 Å². The standard InChI is InChI=1S/C13H16BrF3O/c1-3-9(2)10-4-6-11(7-5-10)18-8-12(14)13(15,16)17/h4-7,9,12H,3,8H2,1-2H3. The third kappa shape index (κ3) is 4.52. The molecule has 0 fully saturated rings. The molecular weight excluding hydrogens is 309 g/mol. The maximum absolute atomic E-state index is 12.2. The Hall–Kier alpha value is -0.710. The van der Waals surface area contributed by atoms with Crippen molar-refractivity contribution >= 4 is 15.9 Å². The van der Waals surface area contributed by atoms with Crippen LogP contribution in [-0.2, 0) is 0 Å². The maximum Gasteiger partial charge on any atom is 0.404 e. The topological polar surface area (TPSA) is 9.23 Å². The first-order chi connectivity index (χ1) is 8.34. The summed E-state index contributed by atoms with van der Waals surface area (Å²) in [6, 6.07) is 7.19. The van der Waals surface area contributed by atoms with Crippen molar-refractivity contribution in [2.45, 2.75) is 37.2 Å². The molecule has 18 heavy (non-hydrogen) atoms. The molecular formula is C13H16BrF3O. The van der Waals surface area contributed by atoms with Crippen molar-refractivity contribution in [3.63, 3.8) is 0 Å². The largest absolute Gasteiger partial charge is 0.492 e. The van der Waals surface area contributed by atoms with Gasteiger partial charge in [0.05, 0.1) is 0 Å². The van der Waals surface area contributed by atoms with E-state index in [1.165, 1.54) is 0 Å². The van der Waals surface area contributed by atoms with Gasteiger partial charge in [0.25, 0.3) is 0 Å². The van der Waals surface area contributed by atoms with E-state index in [1.54, 1.807) is 12.1 Å². The van der Waals surface area contributed by atoms with Gasteiger partial charge >= 0.3 is 6.18 Å². The number of alkyl halides is 4. The van der Waals surface area contributed by atoms with Crippen LogP contribution in [0.25, 0.3) is 0 Å². The zero-order valence-electron chi connectivity index (χ0n) is 10.3. The highest BCUT2D eigenvalue weighted by molar-refractivity contribution is 9.09. The van der Waals surface area contributed by atoms with Crippen LogP contribution in [0.2, 0.25) is 0 Å². The summed E-state index contributed by atoms with van der Waals surface area (Å²) < 4.78 is 41.8. The van der Waals surface area contributed by atoms with Gasteiger partial charge in [-0.15, -0.1) is 0 Å². The number of halogens is 4. The van der Waals surface area contributed by atoms with Crippen molar-refractivity contribution in [3.05, 3.63) is 29.8 Å². The Labute approximate surface area is 113 Å². The van der Waals surface area contributed by atoms with Crippen LogP contribution in [0.4, 0.5) is 13.2 Å². The van der Waals surface area contributed by atoms with E-state index in [4.69, 9.17) is 4.74 Å². The Kier molecular flexibility index (Phi) is 5.50. The quantitative estimate of drug-likeness (QED) is 0.699. The molecule has 1 nitrogen and oxygen atoms in total. The fourth-order valence-electron chi connectivity index (χ4n) is 1.39. The number of hydrogen-bond donors (Lipinski definition) is 0. The first kappa shape index (κ1) is 15.3. The predicted molar refractivity (Wildman–Crippen MR) is 69.4 cm³/mol. The first-order valence-corrected chi connectivity index (χ1v) is 6.69. The summed E-state index contributed by atoms with van der Waals surface area (Å²) in [5.41, 5.74) is 1.16. The molecule has 0 aromatic heterocycles. The van der Waals surface area contributed by atoms with Crippen molar-refractivity contribution in [1.82, 2.24) is 0 Å². The van der Waals surface area contributed by atoms with Gasteiger partial charge in [-0.2, -0.15) is 13.2 Å². The van der Waals surface area contributed by atoms with Crippen LogP contribution in [0.1, 0.15) is 31.7 Å². The Morgan fingerprint density at radius 1 is 1.22 bits per heavy atom. The minimum Gasteiger partial charge on any atom is -0.492 e. The zero-order chi connectivity index (χ0) is 13.8. The molecule has 5 heteroatoms. The molecule has 1 rings (SSSR count). The summed E-state index contributed by atoms with van der Waals surface area (Å²) in [4.78, 5) is -1.64. The van der Waals surface area contributed by atoms with Crippen LogP contribution < -0.4 is 4.74 Å². The van der Waals surface area contributed by atoms with Crippen molar-refractivity contribution in [3.8, 4) is 5.75 Å². The Bertz CT molecular complexity index is 361. The van der Waals surface area contributed by atoms with Gasteiger partial charge in [-0.1, -0.05) is 41.9 Å². The molecule has 2 atom stereocenters. The second-order valence-electron chi connectivity index (χ2n) is 4.20. The second kappa shape index (κ2) is 6.45. The summed E-state index contributed by atoms with van der Waals surface area (Å²) in [7, 11) is 0. The molecule has 0 bridgehead atoms. The molecule has 0 aliphatic carbocycles. The Balaban J connectivity index is 2.54. The van der Waals surface area contributed by atoms with Crippen molar-refractivity contribution in [2.75, 3.05) is 6.61 Å². The van der Waals surface area contributed by atoms with E-state index >= 15 is 0 Å². The van der Waals surface area contributed by atoms with Crippen molar-refractivity contribution in [2.24, 2.45) is 0 Å². The average molecular weight is 325 g/mol. The maximum atomic E-state index is 12.2. The minimum atomic E-state index is -4.28. The third-order valence-electron chi connectivity index (χ3n) is 2.81. The molecule has 0 amide bonds. The number of hydrogen-bond acceptors (Lipinski definition) is 1. The number of rotatable bonds is 5. The Morgan fingerprint density at radius 2 is 1.78 bits per heavy atom. The third-order valence-corrected chi connectivity index (χ3v) is 3.60. The summed E-state index contributed by atoms with van der Waals surface area (Å²) in [6.45, 7) is 3.77. The molecule has 0 heterocycles. The van der Waals surface area contributed by atoms with E-state index in [2.05, 4.69) is 29.8 Å². The molecule has 0 saturated carbocycles. The highest BCUT2D eigenvalue weighted by Crippen LogP contribution is 2.27. The van der Waals surface area contributed by atoms with Crippen LogP contribution in [0.15, 0.2) is 24.3 Å². The van der Waals surface area contributed by atoms with E-state index in [1.807, 2.05) is 12.1 Å². The number of ether oxygens (including phenoxy) is 1. The summed E-state index contributed by atoms with van der Waals surface area (Å²) >= 11 is 2.55. The normalized spacial score (nSPS) is 15.2. The fourth-order valence-corrected chi connectivity index (χ4v) is 1.52. The second-order valence-corrected chi connectivity index (χ2v) is 5.30. The summed E-state index contributed by atoms with van der Waals surface area (Å²) in [6.07, 6.45) is -3.26. The molecule has 0 radical (unpaired) electrons. The van der Waals surface area contributed by atoms with Gasteiger partial charge < -0.3 is 4.74 Å². The lowest BCUT2D eigenvalue weighted by Gasteiger charge is -2.15. The zero-order valence-corrected chi connectivity index (χ0v) is 11.9. The molecule has 0 saturated heterocycles. The van der Waals surface area contributed by atoms with E-state index in [-0.39, 0.29) is 0 Å². The molecule has 1 aromatic carbocycles. The molecule has 1 aromatic rings. The van der Waals surface area contributed by atoms with E-state index < -0.39 is 17.6 Å². The monoisotopic (exact) mass is 324 g/mol. The highest BCUT2D eigenvalue weighted by atomic mass is 79.9. The smallest absolute Gasteiger partial charge is 0.404 e. The van der Waals surface area contributed by atoms with Gasteiger partial charge in [-0.05, 0) is 30.0 Å². The highest BCUT2D eigenvalue weighted by Gasteiger charge is 2.38. The Morgan fingerprint density at radius 3 is 2.22 bits per heavy atom. The van der Waals surface area contributed by atoms with Crippen LogP contribution in [0.5, 0.6) is 5.75 Å². The molecule has 0 aliphatic heterocycles. The van der Waals surface area contributed by atoms with E-state index in [9.17, 15) is 13.2 Å². The SMILES string of the molecule is CCC(C)c1ccc(OCC(Br)C(F)(F)F)cc1. The van der Waals surface area contributed by atoms with Crippen LogP contribution in [0.3, 0.4) is 0 Å². The van der Waals surface area contributed by atoms with Gasteiger partial charge in [0.1, 0.15) is 17.2 Å². The fraction of sp³-hybridized carbons (Fsp3) is 0.538. The number of benzene rings is 1. The molecule has 2 unspecified atom stereocenters. The van der Waals surface area contributed by atoms with Crippen LogP contribution in [0, 0.1) is 0 Å². The van der Waals surface area contributed by atoms with Crippen LogP contribution in [-0.4, -0.2) is 17.6 Å². The lowest BCUT2D eigenvalue weighted by molar-refractivity contribution is -0.132. The van der Waals surface area contributed by atoms with Gasteiger partial charge in [0, 0.05) is 0 Å². The molecule has 0 N–H and O–H groups in total. The van der Waals surface area contributed by atoms with Gasteiger partial charge in [-0.3, -0.25) is 0 Å². The predicted octanol–water partition coefficient (Wildman–Crippen LogP) is 4.90. The van der Waals surface area contributed by atoms with E-state index in [0.29, 0.717) is 11.7 Å². The summed E-state index contributed by atoms with van der Waals surface area (Å²) in [5.74, 6) is 0.897. The molecule has 102 valence electrons. The molecule has 0 aliphatic rings. The lowest BCUT2D eigenvalue weighted by atomic mass is 9.99.